The van der Waals surface area contributed by atoms with Gasteiger partial charge in [-0.25, -0.2) is 4.68 Å². The molecule has 0 aliphatic carbocycles. The first-order chi connectivity index (χ1) is 11.3. The second-order valence-corrected chi connectivity index (χ2v) is 6.07. The highest BCUT2D eigenvalue weighted by Crippen LogP contribution is 2.17. The summed E-state index contributed by atoms with van der Waals surface area (Å²) in [5.41, 5.74) is 1.85. The van der Waals surface area contributed by atoms with Gasteiger partial charge in [0.1, 0.15) is 0 Å². The van der Waals surface area contributed by atoms with Gasteiger partial charge >= 0.3 is 5.97 Å². The van der Waals surface area contributed by atoms with Gasteiger partial charge in [-0.1, -0.05) is 18.5 Å². The van der Waals surface area contributed by atoms with Crippen molar-refractivity contribution in [2.24, 2.45) is 5.92 Å². The normalized spacial score (nSPS) is 12.0. The summed E-state index contributed by atoms with van der Waals surface area (Å²) in [4.78, 5) is 25.3. The van der Waals surface area contributed by atoms with Crippen LogP contribution in [-0.4, -0.2) is 44.8 Å². The van der Waals surface area contributed by atoms with E-state index in [1.807, 2.05) is 19.1 Å². The molecule has 0 saturated carbocycles. The highest BCUT2D eigenvalue weighted by Gasteiger charge is 2.23. The van der Waals surface area contributed by atoms with E-state index in [0.717, 1.165) is 5.69 Å². The first kappa shape index (κ1) is 18.0. The fraction of sp³-hybridized carbons (Fsp3) is 0.353. The number of aryl methyl sites for hydroxylation is 1. The van der Waals surface area contributed by atoms with E-state index in [4.69, 9.17) is 16.7 Å². The number of benzene rings is 1. The van der Waals surface area contributed by atoms with Gasteiger partial charge in [-0.05, 0) is 38.1 Å². The fourth-order valence-corrected chi connectivity index (χ4v) is 2.46. The van der Waals surface area contributed by atoms with Crippen molar-refractivity contribution in [2.45, 2.75) is 20.8 Å². The molecule has 6 nitrogen and oxygen atoms in total. The van der Waals surface area contributed by atoms with Crippen LogP contribution in [0.2, 0.25) is 5.02 Å². The summed E-state index contributed by atoms with van der Waals surface area (Å²) >= 11 is 5.88. The van der Waals surface area contributed by atoms with E-state index in [1.165, 1.54) is 4.90 Å². The maximum Gasteiger partial charge on any atom is 0.308 e. The monoisotopic (exact) mass is 349 g/mol. The summed E-state index contributed by atoms with van der Waals surface area (Å²) < 4.78 is 1.62. The van der Waals surface area contributed by atoms with E-state index in [1.54, 1.807) is 36.9 Å². The zero-order chi connectivity index (χ0) is 17.9. The summed E-state index contributed by atoms with van der Waals surface area (Å²) in [6.07, 6.45) is 1.66. The molecule has 24 heavy (non-hydrogen) atoms. The van der Waals surface area contributed by atoms with Crippen molar-refractivity contribution in [1.82, 2.24) is 14.7 Å². The molecule has 1 N–H and O–H groups in total. The van der Waals surface area contributed by atoms with Crippen molar-refractivity contribution in [3.05, 3.63) is 46.7 Å². The molecule has 0 aliphatic heterocycles. The van der Waals surface area contributed by atoms with Crippen molar-refractivity contribution < 1.29 is 14.7 Å². The van der Waals surface area contributed by atoms with Crippen LogP contribution < -0.4 is 0 Å². The molecular weight excluding hydrogens is 330 g/mol. The number of carboxylic acid groups (broad SMARTS) is 1. The molecular formula is C17H20ClN3O3. The predicted octanol–water partition coefficient (Wildman–Crippen LogP) is 3.02. The number of carbonyl (C=O) groups excluding carboxylic acids is 1. The lowest BCUT2D eigenvalue weighted by atomic mass is 10.1. The van der Waals surface area contributed by atoms with Crippen molar-refractivity contribution >= 4 is 23.5 Å². The molecule has 0 bridgehead atoms. The standard InChI is InChI=1S/C17H20ClN3O3/c1-4-20(9-11(2)17(23)24)16(22)15-10-21(19-12(15)3)14-7-5-13(18)6-8-14/h5-8,10-11H,4,9H2,1-3H3,(H,23,24)/t11-/m0/s1. The molecule has 0 unspecified atom stereocenters. The van der Waals surface area contributed by atoms with Crippen LogP contribution in [0.3, 0.4) is 0 Å². The average Bonchev–Trinajstić information content (AvgIpc) is 2.94. The molecule has 2 aromatic rings. The highest BCUT2D eigenvalue weighted by molar-refractivity contribution is 6.30. The van der Waals surface area contributed by atoms with Crippen molar-refractivity contribution in [3.8, 4) is 5.69 Å². The maximum absolute atomic E-state index is 12.7. The zero-order valence-corrected chi connectivity index (χ0v) is 14.6. The van der Waals surface area contributed by atoms with Crippen LogP contribution >= 0.6 is 11.6 Å². The molecule has 0 spiro atoms. The van der Waals surface area contributed by atoms with Gasteiger partial charge in [0.15, 0.2) is 0 Å². The fourth-order valence-electron chi connectivity index (χ4n) is 2.33. The molecule has 1 heterocycles. The number of nitrogens with zero attached hydrogens (tertiary/aromatic N) is 3. The Morgan fingerprint density at radius 3 is 2.50 bits per heavy atom. The summed E-state index contributed by atoms with van der Waals surface area (Å²) in [5, 5.41) is 14.0. The number of aliphatic carboxylic acids is 1. The zero-order valence-electron chi connectivity index (χ0n) is 13.9. The molecule has 1 atom stereocenters. The van der Waals surface area contributed by atoms with Gasteiger partial charge in [0.05, 0.1) is 22.9 Å². The van der Waals surface area contributed by atoms with E-state index < -0.39 is 11.9 Å². The first-order valence-electron chi connectivity index (χ1n) is 7.67. The van der Waals surface area contributed by atoms with E-state index in [0.29, 0.717) is 22.8 Å². The van der Waals surface area contributed by atoms with Crippen LogP contribution in [-0.2, 0) is 4.79 Å². The maximum atomic E-state index is 12.7. The molecule has 1 aromatic heterocycles. The number of amides is 1. The van der Waals surface area contributed by atoms with E-state index >= 15 is 0 Å². The van der Waals surface area contributed by atoms with Crippen LogP contribution in [0.25, 0.3) is 5.69 Å². The Labute approximate surface area is 145 Å². The number of hydrogen-bond donors (Lipinski definition) is 1. The van der Waals surface area contributed by atoms with E-state index in [2.05, 4.69) is 5.10 Å². The van der Waals surface area contributed by atoms with Crippen LogP contribution in [0.15, 0.2) is 30.5 Å². The lowest BCUT2D eigenvalue weighted by molar-refractivity contribution is -0.141. The van der Waals surface area contributed by atoms with Crippen molar-refractivity contribution in [2.75, 3.05) is 13.1 Å². The summed E-state index contributed by atoms with van der Waals surface area (Å²) in [7, 11) is 0. The minimum absolute atomic E-state index is 0.163. The van der Waals surface area contributed by atoms with Crippen LogP contribution in [0.1, 0.15) is 29.9 Å². The lowest BCUT2D eigenvalue weighted by Gasteiger charge is -2.22. The van der Waals surface area contributed by atoms with Gasteiger partial charge < -0.3 is 10.0 Å². The third-order valence-electron chi connectivity index (χ3n) is 3.81. The van der Waals surface area contributed by atoms with Gasteiger partial charge in [-0.15, -0.1) is 0 Å². The second-order valence-electron chi connectivity index (χ2n) is 5.63. The minimum atomic E-state index is -0.921. The number of carboxylic acids is 1. The van der Waals surface area contributed by atoms with Crippen LogP contribution in [0, 0.1) is 12.8 Å². The number of halogens is 1. The SMILES string of the molecule is CCN(C[C@H](C)C(=O)O)C(=O)c1cn(-c2ccc(Cl)cc2)nc1C. The number of hydrogen-bond acceptors (Lipinski definition) is 3. The van der Waals surface area contributed by atoms with Gasteiger partial charge in [0.25, 0.3) is 5.91 Å². The topological polar surface area (TPSA) is 75.4 Å². The largest absolute Gasteiger partial charge is 0.481 e. The number of aromatic nitrogens is 2. The number of rotatable bonds is 6. The Hall–Kier alpha value is -2.34. The molecule has 0 fully saturated rings. The number of carbonyl (C=O) groups is 2. The Balaban J connectivity index is 2.26. The Kier molecular flexibility index (Phi) is 5.62. The second kappa shape index (κ2) is 7.49. The van der Waals surface area contributed by atoms with Gasteiger partial charge in [0, 0.05) is 24.3 Å². The predicted molar refractivity (Wildman–Crippen MR) is 91.7 cm³/mol. The molecule has 1 aromatic carbocycles. The smallest absolute Gasteiger partial charge is 0.308 e. The quantitative estimate of drug-likeness (QED) is 0.869. The summed E-state index contributed by atoms with van der Waals surface area (Å²) in [6, 6.07) is 7.13. The summed E-state index contributed by atoms with van der Waals surface area (Å²) in [5.74, 6) is -1.77. The van der Waals surface area contributed by atoms with Crippen LogP contribution in [0.4, 0.5) is 0 Å². The van der Waals surface area contributed by atoms with Crippen LogP contribution in [0.5, 0.6) is 0 Å². The Morgan fingerprint density at radius 1 is 1.33 bits per heavy atom. The molecule has 0 aliphatic rings. The Bertz CT molecular complexity index is 740. The minimum Gasteiger partial charge on any atom is -0.481 e. The van der Waals surface area contributed by atoms with Gasteiger partial charge in [-0.3, -0.25) is 9.59 Å². The molecule has 0 saturated heterocycles. The molecule has 7 heteroatoms. The summed E-state index contributed by atoms with van der Waals surface area (Å²) in [6.45, 7) is 5.76. The van der Waals surface area contributed by atoms with E-state index in [-0.39, 0.29) is 12.5 Å². The average molecular weight is 350 g/mol. The van der Waals surface area contributed by atoms with Crippen molar-refractivity contribution in [3.63, 3.8) is 0 Å². The lowest BCUT2D eigenvalue weighted by Crippen LogP contribution is -2.36. The molecule has 128 valence electrons. The third kappa shape index (κ3) is 3.94. The first-order valence-corrected chi connectivity index (χ1v) is 8.05. The molecule has 0 radical (unpaired) electrons. The highest BCUT2D eigenvalue weighted by atomic mass is 35.5. The van der Waals surface area contributed by atoms with Crippen molar-refractivity contribution in [1.29, 1.82) is 0 Å². The molecule has 1 amide bonds. The van der Waals surface area contributed by atoms with Gasteiger partial charge in [-0.2, -0.15) is 5.10 Å². The van der Waals surface area contributed by atoms with Gasteiger partial charge in [0.2, 0.25) is 0 Å². The Morgan fingerprint density at radius 2 is 1.96 bits per heavy atom. The molecule has 2 rings (SSSR count). The van der Waals surface area contributed by atoms with E-state index in [9.17, 15) is 9.59 Å². The third-order valence-corrected chi connectivity index (χ3v) is 4.06.